The lowest BCUT2D eigenvalue weighted by Gasteiger charge is -2.06. The molecule has 0 aliphatic rings. The van der Waals surface area contributed by atoms with E-state index in [4.69, 9.17) is 4.74 Å². The molecule has 0 aliphatic heterocycles. The Kier molecular flexibility index (Phi) is 5.17. The Balaban J connectivity index is 2.84. The molecular weight excluding hydrogens is 232 g/mol. The van der Waals surface area contributed by atoms with E-state index < -0.39 is 12.0 Å². The van der Waals surface area contributed by atoms with Gasteiger partial charge in [0, 0.05) is 0 Å². The number of carbonyl (C=O) groups is 2. The molecule has 96 valence electrons. The Hall–Kier alpha value is -2.04. The number of Topliss-reactive ketones (excluding diaryl/α,β-unsaturated/α-hetero) is 1. The van der Waals surface area contributed by atoms with Crippen LogP contribution in [0, 0.1) is 6.92 Å². The van der Waals surface area contributed by atoms with Crippen LogP contribution in [0.25, 0.3) is 0 Å². The molecule has 0 aromatic heterocycles. The molecule has 1 aromatic carbocycles. The minimum absolute atomic E-state index is 0.211. The van der Waals surface area contributed by atoms with Crippen molar-refractivity contribution in [2.45, 2.75) is 26.8 Å². The van der Waals surface area contributed by atoms with Crippen LogP contribution in [0.15, 0.2) is 34.5 Å². The Morgan fingerprint density at radius 1 is 1.39 bits per heavy atom. The van der Waals surface area contributed by atoms with Crippen molar-refractivity contribution in [3.05, 3.63) is 29.8 Å². The zero-order valence-electron chi connectivity index (χ0n) is 10.7. The molecule has 0 heterocycles. The number of hydrogen-bond donors (Lipinski definition) is 0. The Bertz CT molecular complexity index is 469. The molecule has 1 unspecified atom stereocenters. The zero-order valence-corrected chi connectivity index (χ0v) is 10.7. The van der Waals surface area contributed by atoms with Crippen LogP contribution in [0.1, 0.15) is 19.4 Å². The Morgan fingerprint density at radius 3 is 2.67 bits per heavy atom. The second kappa shape index (κ2) is 6.64. The monoisotopic (exact) mass is 248 g/mol. The van der Waals surface area contributed by atoms with E-state index in [2.05, 4.69) is 10.2 Å². The fourth-order valence-electron chi connectivity index (χ4n) is 1.33. The van der Waals surface area contributed by atoms with Gasteiger partial charge in [-0.15, -0.1) is 0 Å². The first-order chi connectivity index (χ1) is 8.54. The quantitative estimate of drug-likeness (QED) is 0.457. The first kappa shape index (κ1) is 14.0. The van der Waals surface area contributed by atoms with Crippen LogP contribution >= 0.6 is 0 Å². The van der Waals surface area contributed by atoms with E-state index >= 15 is 0 Å². The maximum absolute atomic E-state index is 11.5. The van der Waals surface area contributed by atoms with Crippen molar-refractivity contribution < 1.29 is 14.3 Å². The molecule has 0 spiro atoms. The average Bonchev–Trinajstić information content (AvgIpc) is 2.29. The van der Waals surface area contributed by atoms with Crippen molar-refractivity contribution in [2.75, 3.05) is 6.61 Å². The highest BCUT2D eigenvalue weighted by molar-refractivity contribution is 6.02. The lowest BCUT2D eigenvalue weighted by molar-refractivity contribution is -0.147. The number of rotatable bonds is 5. The van der Waals surface area contributed by atoms with Gasteiger partial charge in [0.1, 0.15) is 0 Å². The number of ether oxygens (including phenoxy) is 1. The summed E-state index contributed by atoms with van der Waals surface area (Å²) in [5, 5.41) is 7.65. The second-order valence-corrected chi connectivity index (χ2v) is 3.82. The van der Waals surface area contributed by atoms with Gasteiger partial charge < -0.3 is 4.74 Å². The highest BCUT2D eigenvalue weighted by Gasteiger charge is 2.24. The summed E-state index contributed by atoms with van der Waals surface area (Å²) in [5.74, 6) is -1.05. The topological polar surface area (TPSA) is 68.1 Å². The molecule has 0 radical (unpaired) electrons. The van der Waals surface area contributed by atoms with Gasteiger partial charge in [-0.25, -0.2) is 4.79 Å². The van der Waals surface area contributed by atoms with Crippen LogP contribution in [-0.4, -0.2) is 24.4 Å². The maximum Gasteiger partial charge on any atom is 0.340 e. The van der Waals surface area contributed by atoms with Gasteiger partial charge in [0.25, 0.3) is 0 Å². The van der Waals surface area contributed by atoms with E-state index in [1.54, 1.807) is 13.0 Å². The minimum Gasteiger partial charge on any atom is -0.464 e. The summed E-state index contributed by atoms with van der Waals surface area (Å²) in [4.78, 5) is 22.8. The van der Waals surface area contributed by atoms with Crippen molar-refractivity contribution in [3.63, 3.8) is 0 Å². The van der Waals surface area contributed by atoms with Gasteiger partial charge in [0.2, 0.25) is 6.04 Å². The summed E-state index contributed by atoms with van der Waals surface area (Å²) < 4.78 is 4.76. The van der Waals surface area contributed by atoms with Crippen molar-refractivity contribution in [1.82, 2.24) is 0 Å². The SMILES string of the molecule is CCOC(=O)C(N=Nc1cccc(C)c1)C(C)=O. The van der Waals surface area contributed by atoms with E-state index in [-0.39, 0.29) is 12.4 Å². The molecule has 0 saturated heterocycles. The zero-order chi connectivity index (χ0) is 13.5. The third-order valence-corrected chi connectivity index (χ3v) is 2.19. The summed E-state index contributed by atoms with van der Waals surface area (Å²) in [5.41, 5.74) is 1.63. The Labute approximate surface area is 106 Å². The summed E-state index contributed by atoms with van der Waals surface area (Å²) in [6.45, 7) is 5.10. The number of carbonyl (C=O) groups excluding carboxylic acids is 2. The number of benzene rings is 1. The molecule has 5 heteroatoms. The first-order valence-electron chi connectivity index (χ1n) is 5.69. The summed E-state index contributed by atoms with van der Waals surface area (Å²) in [6.07, 6.45) is 0. The molecular formula is C13H16N2O3. The highest BCUT2D eigenvalue weighted by Crippen LogP contribution is 2.15. The molecule has 1 aromatic rings. The predicted octanol–water partition coefficient (Wildman–Crippen LogP) is 2.60. The second-order valence-electron chi connectivity index (χ2n) is 3.82. The van der Waals surface area contributed by atoms with Gasteiger partial charge in [-0.3, -0.25) is 4.79 Å². The van der Waals surface area contributed by atoms with Crippen LogP contribution in [0.3, 0.4) is 0 Å². The number of nitrogens with zero attached hydrogens (tertiary/aromatic N) is 2. The number of aryl methyl sites for hydroxylation is 1. The third-order valence-electron chi connectivity index (χ3n) is 2.19. The normalized spacial score (nSPS) is 12.4. The minimum atomic E-state index is -1.18. The molecule has 1 atom stereocenters. The van der Waals surface area contributed by atoms with Crippen LogP contribution in [0.4, 0.5) is 5.69 Å². The van der Waals surface area contributed by atoms with Crippen molar-refractivity contribution in [1.29, 1.82) is 0 Å². The van der Waals surface area contributed by atoms with Crippen molar-refractivity contribution >= 4 is 17.4 Å². The molecule has 0 fully saturated rings. The van der Waals surface area contributed by atoms with Gasteiger partial charge in [-0.1, -0.05) is 12.1 Å². The van der Waals surface area contributed by atoms with Crippen LogP contribution in [0.2, 0.25) is 0 Å². The van der Waals surface area contributed by atoms with E-state index in [1.165, 1.54) is 6.92 Å². The van der Waals surface area contributed by atoms with Crippen LogP contribution in [0.5, 0.6) is 0 Å². The van der Waals surface area contributed by atoms with Gasteiger partial charge >= 0.3 is 5.97 Å². The van der Waals surface area contributed by atoms with Gasteiger partial charge in [0.15, 0.2) is 5.78 Å². The molecule has 1 rings (SSSR count). The first-order valence-corrected chi connectivity index (χ1v) is 5.69. The lowest BCUT2D eigenvalue weighted by atomic mass is 10.2. The number of ketones is 1. The van der Waals surface area contributed by atoms with Gasteiger partial charge in [-0.2, -0.15) is 10.2 Å². The average molecular weight is 248 g/mol. The van der Waals surface area contributed by atoms with E-state index in [0.717, 1.165) is 5.56 Å². The number of esters is 1. The Morgan fingerprint density at radius 2 is 2.11 bits per heavy atom. The van der Waals surface area contributed by atoms with Crippen LogP contribution < -0.4 is 0 Å². The molecule has 0 amide bonds. The van der Waals surface area contributed by atoms with Crippen molar-refractivity contribution in [2.24, 2.45) is 10.2 Å². The molecule has 5 nitrogen and oxygen atoms in total. The largest absolute Gasteiger partial charge is 0.464 e. The van der Waals surface area contributed by atoms with E-state index in [0.29, 0.717) is 5.69 Å². The predicted molar refractivity (Wildman–Crippen MR) is 66.8 cm³/mol. The standard InChI is InChI=1S/C13H16N2O3/c1-4-18-13(17)12(10(3)16)15-14-11-7-5-6-9(2)8-11/h5-8,12H,4H2,1-3H3. The summed E-state index contributed by atoms with van der Waals surface area (Å²) >= 11 is 0. The fraction of sp³-hybridized carbons (Fsp3) is 0.385. The molecule has 0 bridgehead atoms. The lowest BCUT2D eigenvalue weighted by Crippen LogP contribution is -2.28. The van der Waals surface area contributed by atoms with E-state index in [9.17, 15) is 9.59 Å². The summed E-state index contributed by atoms with van der Waals surface area (Å²) in [7, 11) is 0. The summed E-state index contributed by atoms with van der Waals surface area (Å²) in [6, 6.07) is 6.14. The van der Waals surface area contributed by atoms with Crippen LogP contribution in [-0.2, 0) is 14.3 Å². The highest BCUT2D eigenvalue weighted by atomic mass is 16.5. The molecule has 0 aliphatic carbocycles. The molecule has 0 saturated carbocycles. The maximum atomic E-state index is 11.5. The van der Waals surface area contributed by atoms with Crippen molar-refractivity contribution in [3.8, 4) is 0 Å². The fourth-order valence-corrected chi connectivity index (χ4v) is 1.33. The molecule has 0 N–H and O–H groups in total. The smallest absolute Gasteiger partial charge is 0.340 e. The van der Waals surface area contributed by atoms with Gasteiger partial charge in [-0.05, 0) is 38.5 Å². The number of azo groups is 1. The third kappa shape index (κ3) is 4.08. The number of hydrogen-bond acceptors (Lipinski definition) is 5. The molecule has 18 heavy (non-hydrogen) atoms. The van der Waals surface area contributed by atoms with Gasteiger partial charge in [0.05, 0.1) is 12.3 Å². The van der Waals surface area contributed by atoms with E-state index in [1.807, 2.05) is 25.1 Å².